The minimum Gasteiger partial charge on any atom is -0.497 e. The quantitative estimate of drug-likeness (QED) is 0.638. The number of nitrogens with one attached hydrogen (secondary N) is 1. The number of Topliss-reactive ketones (excluding diaryl/α,β-unsaturated/α-hetero) is 1. The fraction of sp³-hybridized carbons (Fsp3) is 0.231. The van der Waals surface area contributed by atoms with E-state index in [4.69, 9.17) is 4.74 Å². The minimum atomic E-state index is -0.132. The Balaban J connectivity index is 1.43. The summed E-state index contributed by atoms with van der Waals surface area (Å²) in [5.41, 5.74) is 5.39. The van der Waals surface area contributed by atoms with Crippen LogP contribution in [0.5, 0.6) is 5.75 Å². The molecule has 1 unspecified atom stereocenters. The first-order valence-corrected chi connectivity index (χ1v) is 10.2. The van der Waals surface area contributed by atoms with Crippen molar-refractivity contribution in [1.29, 1.82) is 0 Å². The maximum absolute atomic E-state index is 12.9. The van der Waals surface area contributed by atoms with Crippen LogP contribution in [0.1, 0.15) is 43.8 Å². The van der Waals surface area contributed by atoms with Gasteiger partial charge in [0.15, 0.2) is 5.78 Å². The first kappa shape index (κ1) is 19.9. The number of aryl methyl sites for hydroxylation is 2. The van der Waals surface area contributed by atoms with Crippen molar-refractivity contribution in [3.05, 3.63) is 94.5 Å². The zero-order valence-corrected chi connectivity index (χ0v) is 17.3. The highest BCUT2D eigenvalue weighted by Gasteiger charge is 2.27. The highest BCUT2D eigenvalue weighted by molar-refractivity contribution is 6.04. The Morgan fingerprint density at radius 3 is 2.57 bits per heavy atom. The predicted molar refractivity (Wildman–Crippen MR) is 118 cm³/mol. The van der Waals surface area contributed by atoms with Crippen LogP contribution in [0.4, 0.5) is 5.69 Å². The molecule has 0 bridgehead atoms. The molecule has 1 aliphatic rings. The molecule has 152 valence electrons. The standard InChI is InChI=1S/C26H25NO3/c1-17-5-3-4-6-24(17)27-26(29)19-9-7-18(8-10-19)15-21-12-11-20-16-22(30-2)13-14-23(20)25(21)28/h3-10,13-14,16,21H,11-12,15H2,1-2H3,(H,27,29). The van der Waals surface area contributed by atoms with Gasteiger partial charge in [-0.1, -0.05) is 30.3 Å². The molecule has 4 heteroatoms. The molecule has 0 heterocycles. The lowest BCUT2D eigenvalue weighted by molar-refractivity contribution is 0.0900. The molecule has 3 aromatic rings. The van der Waals surface area contributed by atoms with Crippen molar-refractivity contribution in [3.63, 3.8) is 0 Å². The molecule has 1 N–H and O–H groups in total. The van der Waals surface area contributed by atoms with E-state index in [1.807, 2.05) is 73.7 Å². The number of carbonyl (C=O) groups excluding carboxylic acids is 2. The number of methoxy groups -OCH3 is 1. The molecular weight excluding hydrogens is 374 g/mol. The van der Waals surface area contributed by atoms with Crippen LogP contribution in [-0.4, -0.2) is 18.8 Å². The number of ketones is 1. The van der Waals surface area contributed by atoms with Crippen LogP contribution in [0.2, 0.25) is 0 Å². The van der Waals surface area contributed by atoms with Gasteiger partial charge in [0.2, 0.25) is 0 Å². The maximum atomic E-state index is 12.9. The molecule has 0 saturated heterocycles. The lowest BCUT2D eigenvalue weighted by Crippen LogP contribution is -2.24. The summed E-state index contributed by atoms with van der Waals surface area (Å²) in [4.78, 5) is 25.5. The fourth-order valence-electron chi connectivity index (χ4n) is 4.00. The third-order valence-corrected chi connectivity index (χ3v) is 5.80. The van der Waals surface area contributed by atoms with Gasteiger partial charge in [-0.2, -0.15) is 0 Å². The van der Waals surface area contributed by atoms with Crippen molar-refractivity contribution in [2.75, 3.05) is 12.4 Å². The molecule has 1 aliphatic carbocycles. The maximum Gasteiger partial charge on any atom is 0.255 e. The van der Waals surface area contributed by atoms with Crippen molar-refractivity contribution in [1.82, 2.24) is 0 Å². The normalized spacial score (nSPS) is 15.4. The van der Waals surface area contributed by atoms with Crippen LogP contribution in [-0.2, 0) is 12.8 Å². The van der Waals surface area contributed by atoms with E-state index in [1.165, 1.54) is 0 Å². The van der Waals surface area contributed by atoms with Gasteiger partial charge in [0.25, 0.3) is 5.91 Å². The van der Waals surface area contributed by atoms with E-state index in [1.54, 1.807) is 7.11 Å². The topological polar surface area (TPSA) is 55.4 Å². The largest absolute Gasteiger partial charge is 0.497 e. The van der Waals surface area contributed by atoms with Crippen LogP contribution in [0.15, 0.2) is 66.7 Å². The van der Waals surface area contributed by atoms with Crippen molar-refractivity contribution in [2.45, 2.75) is 26.2 Å². The lowest BCUT2D eigenvalue weighted by Gasteiger charge is -2.24. The Bertz CT molecular complexity index is 1090. The molecule has 0 saturated carbocycles. The van der Waals surface area contributed by atoms with Gasteiger partial charge in [0.1, 0.15) is 5.75 Å². The summed E-state index contributed by atoms with van der Waals surface area (Å²) in [6.07, 6.45) is 2.39. The minimum absolute atomic E-state index is 0.0301. The van der Waals surface area contributed by atoms with Crippen LogP contribution in [0, 0.1) is 12.8 Å². The average molecular weight is 399 g/mol. The van der Waals surface area contributed by atoms with Crippen molar-refractivity contribution in [2.24, 2.45) is 5.92 Å². The summed E-state index contributed by atoms with van der Waals surface area (Å²) in [5.74, 6) is 0.824. The van der Waals surface area contributed by atoms with Crippen LogP contribution >= 0.6 is 0 Å². The fourth-order valence-corrected chi connectivity index (χ4v) is 4.00. The molecule has 4 nitrogen and oxygen atoms in total. The first-order chi connectivity index (χ1) is 14.5. The third-order valence-electron chi connectivity index (χ3n) is 5.80. The Kier molecular flexibility index (Phi) is 5.66. The summed E-state index contributed by atoms with van der Waals surface area (Å²) >= 11 is 0. The van der Waals surface area contributed by atoms with E-state index in [9.17, 15) is 9.59 Å². The number of hydrogen-bond acceptors (Lipinski definition) is 3. The van der Waals surface area contributed by atoms with Gasteiger partial charge >= 0.3 is 0 Å². The van der Waals surface area contributed by atoms with Crippen LogP contribution in [0.3, 0.4) is 0 Å². The van der Waals surface area contributed by atoms with Gasteiger partial charge in [-0.3, -0.25) is 9.59 Å². The van der Waals surface area contributed by atoms with Gasteiger partial charge < -0.3 is 10.1 Å². The van der Waals surface area contributed by atoms with Gasteiger partial charge in [-0.15, -0.1) is 0 Å². The number of benzene rings is 3. The van der Waals surface area contributed by atoms with E-state index in [0.717, 1.165) is 46.5 Å². The van der Waals surface area contributed by atoms with Gasteiger partial charge in [-0.25, -0.2) is 0 Å². The zero-order chi connectivity index (χ0) is 21.1. The molecule has 3 aromatic carbocycles. The van der Waals surface area contributed by atoms with Gasteiger partial charge in [-0.05, 0) is 79.3 Å². The highest BCUT2D eigenvalue weighted by Crippen LogP contribution is 2.30. The van der Waals surface area contributed by atoms with E-state index < -0.39 is 0 Å². The number of rotatable bonds is 5. The van der Waals surface area contributed by atoms with Crippen molar-refractivity contribution in [3.8, 4) is 5.75 Å². The molecule has 1 atom stereocenters. The number of ether oxygens (including phenoxy) is 1. The second-order valence-corrected chi connectivity index (χ2v) is 7.79. The summed E-state index contributed by atoms with van der Waals surface area (Å²) < 4.78 is 5.27. The molecule has 0 radical (unpaired) electrons. The molecule has 0 spiro atoms. The van der Waals surface area contributed by atoms with E-state index in [2.05, 4.69) is 5.32 Å². The SMILES string of the molecule is COc1ccc2c(c1)CCC(Cc1ccc(C(=O)Nc3ccccc3C)cc1)C2=O. The molecule has 0 fully saturated rings. The van der Waals surface area contributed by atoms with Crippen LogP contribution in [0.25, 0.3) is 0 Å². The Labute approximate surface area is 176 Å². The highest BCUT2D eigenvalue weighted by atomic mass is 16.5. The van der Waals surface area contributed by atoms with E-state index in [0.29, 0.717) is 12.0 Å². The summed E-state index contributed by atoms with van der Waals surface area (Å²) in [6, 6.07) is 20.9. The summed E-state index contributed by atoms with van der Waals surface area (Å²) in [7, 11) is 1.64. The van der Waals surface area contributed by atoms with Crippen molar-refractivity contribution < 1.29 is 14.3 Å². The second-order valence-electron chi connectivity index (χ2n) is 7.79. The summed E-state index contributed by atoms with van der Waals surface area (Å²) in [6.45, 7) is 1.97. The zero-order valence-electron chi connectivity index (χ0n) is 17.3. The first-order valence-electron chi connectivity index (χ1n) is 10.2. The average Bonchev–Trinajstić information content (AvgIpc) is 2.77. The number of carbonyl (C=O) groups is 2. The molecule has 4 rings (SSSR count). The molecular formula is C26H25NO3. The molecule has 30 heavy (non-hydrogen) atoms. The number of fused-ring (bicyclic) bond motifs is 1. The van der Waals surface area contributed by atoms with E-state index in [-0.39, 0.29) is 17.6 Å². The monoisotopic (exact) mass is 399 g/mol. The van der Waals surface area contributed by atoms with Crippen LogP contribution < -0.4 is 10.1 Å². The third kappa shape index (κ3) is 4.13. The predicted octanol–water partition coefficient (Wildman–Crippen LogP) is 5.24. The van der Waals surface area contributed by atoms with Gasteiger partial charge in [0.05, 0.1) is 7.11 Å². The Morgan fingerprint density at radius 2 is 1.83 bits per heavy atom. The number of hydrogen-bond donors (Lipinski definition) is 1. The smallest absolute Gasteiger partial charge is 0.255 e. The van der Waals surface area contributed by atoms with E-state index >= 15 is 0 Å². The van der Waals surface area contributed by atoms with Gasteiger partial charge in [0, 0.05) is 22.7 Å². The lowest BCUT2D eigenvalue weighted by atomic mass is 9.79. The Hall–Kier alpha value is -3.40. The molecule has 1 amide bonds. The Morgan fingerprint density at radius 1 is 1.07 bits per heavy atom. The van der Waals surface area contributed by atoms with Crippen molar-refractivity contribution >= 4 is 17.4 Å². The number of anilines is 1. The molecule has 0 aromatic heterocycles. The molecule has 0 aliphatic heterocycles. The number of para-hydroxylation sites is 1. The number of amides is 1. The summed E-state index contributed by atoms with van der Waals surface area (Å²) in [5, 5.41) is 2.95. The second kappa shape index (κ2) is 8.54.